The SMILES string of the molecule is Nc1ccnc(SCCO)n1. The third-order valence-corrected chi connectivity index (χ3v) is 1.82. The summed E-state index contributed by atoms with van der Waals surface area (Å²) in [5, 5.41) is 9.10. The molecule has 0 amide bonds. The Labute approximate surface area is 68.9 Å². The van der Waals surface area contributed by atoms with Crippen molar-refractivity contribution in [3.05, 3.63) is 12.3 Å². The summed E-state index contributed by atoms with van der Waals surface area (Å²) in [7, 11) is 0. The molecule has 1 aromatic heterocycles. The predicted octanol–water partition coefficient (Wildman–Crippen LogP) is 0.143. The van der Waals surface area contributed by atoms with Crippen molar-refractivity contribution in [2.45, 2.75) is 5.16 Å². The number of hydrogen-bond acceptors (Lipinski definition) is 5. The first-order chi connectivity index (χ1) is 5.33. The second kappa shape index (κ2) is 4.15. The van der Waals surface area contributed by atoms with Gasteiger partial charge in [-0.3, -0.25) is 0 Å². The maximum Gasteiger partial charge on any atom is 0.189 e. The molecule has 0 aliphatic carbocycles. The molecule has 0 aromatic carbocycles. The Kier molecular flexibility index (Phi) is 3.13. The van der Waals surface area contributed by atoms with E-state index in [0.29, 0.717) is 16.7 Å². The van der Waals surface area contributed by atoms with Gasteiger partial charge in [-0.05, 0) is 6.07 Å². The van der Waals surface area contributed by atoms with Gasteiger partial charge < -0.3 is 10.8 Å². The fourth-order valence-electron chi connectivity index (χ4n) is 0.560. The van der Waals surface area contributed by atoms with Crippen molar-refractivity contribution in [2.75, 3.05) is 18.1 Å². The first-order valence-electron chi connectivity index (χ1n) is 3.15. The van der Waals surface area contributed by atoms with Crippen LogP contribution < -0.4 is 5.73 Å². The summed E-state index contributed by atoms with van der Waals surface area (Å²) >= 11 is 1.38. The van der Waals surface area contributed by atoms with Gasteiger partial charge in [-0.25, -0.2) is 9.97 Å². The minimum absolute atomic E-state index is 0.128. The van der Waals surface area contributed by atoms with E-state index in [1.165, 1.54) is 11.8 Å². The van der Waals surface area contributed by atoms with Crippen LogP contribution in [0.3, 0.4) is 0 Å². The van der Waals surface area contributed by atoms with Crippen LogP contribution >= 0.6 is 11.8 Å². The molecule has 1 heterocycles. The lowest BCUT2D eigenvalue weighted by Crippen LogP contribution is -1.94. The molecule has 0 aliphatic rings. The van der Waals surface area contributed by atoms with Gasteiger partial charge in [0.1, 0.15) is 5.82 Å². The molecular formula is C6H9N3OS. The maximum atomic E-state index is 8.49. The molecule has 0 aliphatic heterocycles. The molecule has 0 atom stereocenters. The molecule has 1 rings (SSSR count). The fourth-order valence-corrected chi connectivity index (χ4v) is 1.14. The van der Waals surface area contributed by atoms with Crippen LogP contribution in [0.15, 0.2) is 17.4 Å². The zero-order chi connectivity index (χ0) is 8.10. The number of aliphatic hydroxyl groups excluding tert-OH is 1. The highest BCUT2D eigenvalue weighted by atomic mass is 32.2. The van der Waals surface area contributed by atoms with Gasteiger partial charge in [0.05, 0.1) is 6.61 Å². The van der Waals surface area contributed by atoms with Gasteiger partial charge in [-0.15, -0.1) is 0 Å². The number of anilines is 1. The van der Waals surface area contributed by atoms with E-state index < -0.39 is 0 Å². The summed E-state index contributed by atoms with van der Waals surface area (Å²) < 4.78 is 0. The zero-order valence-electron chi connectivity index (χ0n) is 5.90. The Morgan fingerprint density at radius 3 is 3.09 bits per heavy atom. The van der Waals surface area contributed by atoms with Crippen molar-refractivity contribution < 1.29 is 5.11 Å². The van der Waals surface area contributed by atoms with Crippen LogP contribution in [-0.2, 0) is 0 Å². The van der Waals surface area contributed by atoms with E-state index in [9.17, 15) is 0 Å². The minimum atomic E-state index is 0.128. The van der Waals surface area contributed by atoms with Crippen molar-refractivity contribution in [3.8, 4) is 0 Å². The lowest BCUT2D eigenvalue weighted by molar-refractivity contribution is 0.322. The quantitative estimate of drug-likeness (QED) is 0.500. The van der Waals surface area contributed by atoms with Gasteiger partial charge in [0.2, 0.25) is 0 Å². The third-order valence-electron chi connectivity index (χ3n) is 0.977. The summed E-state index contributed by atoms with van der Waals surface area (Å²) in [5.74, 6) is 1.06. The molecule has 3 N–H and O–H groups in total. The molecular weight excluding hydrogens is 162 g/mol. The molecule has 0 saturated carbocycles. The Morgan fingerprint density at radius 2 is 2.45 bits per heavy atom. The third kappa shape index (κ3) is 2.73. The fraction of sp³-hybridized carbons (Fsp3) is 0.333. The predicted molar refractivity (Wildman–Crippen MR) is 44.3 cm³/mol. The van der Waals surface area contributed by atoms with E-state index >= 15 is 0 Å². The monoisotopic (exact) mass is 171 g/mol. The normalized spacial score (nSPS) is 9.91. The Morgan fingerprint density at radius 1 is 1.64 bits per heavy atom. The smallest absolute Gasteiger partial charge is 0.189 e. The standard InChI is InChI=1S/C6H9N3OS/c7-5-1-2-8-6(9-5)11-4-3-10/h1-2,10H,3-4H2,(H2,7,8,9). The Bertz CT molecular complexity index is 231. The van der Waals surface area contributed by atoms with Crippen LogP contribution in [0, 0.1) is 0 Å². The number of nitrogens with zero attached hydrogens (tertiary/aromatic N) is 2. The lowest BCUT2D eigenvalue weighted by Gasteiger charge is -1.96. The van der Waals surface area contributed by atoms with Gasteiger partial charge in [0, 0.05) is 11.9 Å². The van der Waals surface area contributed by atoms with Crippen LogP contribution in [0.25, 0.3) is 0 Å². The van der Waals surface area contributed by atoms with Crippen molar-refractivity contribution in [3.63, 3.8) is 0 Å². The van der Waals surface area contributed by atoms with E-state index in [2.05, 4.69) is 9.97 Å². The number of aromatic nitrogens is 2. The highest BCUT2D eigenvalue weighted by molar-refractivity contribution is 7.99. The highest BCUT2D eigenvalue weighted by Gasteiger charge is 1.95. The molecule has 11 heavy (non-hydrogen) atoms. The van der Waals surface area contributed by atoms with Crippen molar-refractivity contribution in [1.82, 2.24) is 9.97 Å². The van der Waals surface area contributed by atoms with E-state index in [1.54, 1.807) is 12.3 Å². The highest BCUT2D eigenvalue weighted by Crippen LogP contribution is 2.11. The first-order valence-corrected chi connectivity index (χ1v) is 4.13. The molecule has 0 radical (unpaired) electrons. The van der Waals surface area contributed by atoms with Crippen molar-refractivity contribution >= 4 is 17.6 Å². The molecule has 5 heteroatoms. The summed E-state index contributed by atoms with van der Waals surface area (Å²) in [6, 6.07) is 1.63. The minimum Gasteiger partial charge on any atom is -0.396 e. The van der Waals surface area contributed by atoms with Crippen LogP contribution in [0.1, 0.15) is 0 Å². The second-order valence-electron chi connectivity index (χ2n) is 1.84. The summed E-state index contributed by atoms with van der Waals surface area (Å²) in [6.07, 6.45) is 1.60. The molecule has 0 unspecified atom stereocenters. The lowest BCUT2D eigenvalue weighted by atomic mass is 10.6. The molecule has 0 fully saturated rings. The summed E-state index contributed by atoms with van der Waals surface area (Å²) in [5.41, 5.74) is 5.40. The van der Waals surface area contributed by atoms with Crippen molar-refractivity contribution in [2.24, 2.45) is 0 Å². The van der Waals surface area contributed by atoms with Gasteiger partial charge in [-0.1, -0.05) is 11.8 Å². The molecule has 4 nitrogen and oxygen atoms in total. The van der Waals surface area contributed by atoms with Crippen LogP contribution in [0.4, 0.5) is 5.82 Å². The number of thioether (sulfide) groups is 1. The summed E-state index contributed by atoms with van der Waals surface area (Å²) in [6.45, 7) is 0.128. The molecule has 1 aromatic rings. The van der Waals surface area contributed by atoms with Gasteiger partial charge >= 0.3 is 0 Å². The molecule has 0 saturated heterocycles. The Hall–Kier alpha value is -0.810. The first kappa shape index (κ1) is 8.29. The number of rotatable bonds is 3. The van der Waals surface area contributed by atoms with E-state index in [4.69, 9.17) is 10.8 Å². The number of nitrogen functional groups attached to an aromatic ring is 1. The zero-order valence-corrected chi connectivity index (χ0v) is 6.71. The largest absolute Gasteiger partial charge is 0.396 e. The number of hydrogen-bond donors (Lipinski definition) is 2. The van der Waals surface area contributed by atoms with Gasteiger partial charge in [0.15, 0.2) is 5.16 Å². The van der Waals surface area contributed by atoms with Crippen LogP contribution in [-0.4, -0.2) is 27.4 Å². The van der Waals surface area contributed by atoms with Crippen LogP contribution in [0.5, 0.6) is 0 Å². The number of aliphatic hydroxyl groups is 1. The van der Waals surface area contributed by atoms with Gasteiger partial charge in [-0.2, -0.15) is 0 Å². The van der Waals surface area contributed by atoms with E-state index in [-0.39, 0.29) is 6.61 Å². The molecule has 60 valence electrons. The number of nitrogens with two attached hydrogens (primary N) is 1. The van der Waals surface area contributed by atoms with E-state index in [0.717, 1.165) is 0 Å². The van der Waals surface area contributed by atoms with E-state index in [1.807, 2.05) is 0 Å². The Balaban J connectivity index is 2.56. The second-order valence-corrected chi connectivity index (χ2v) is 2.90. The topological polar surface area (TPSA) is 72.0 Å². The average molecular weight is 171 g/mol. The van der Waals surface area contributed by atoms with Crippen LogP contribution in [0.2, 0.25) is 0 Å². The van der Waals surface area contributed by atoms with Crippen molar-refractivity contribution in [1.29, 1.82) is 0 Å². The summed E-state index contributed by atoms with van der Waals surface area (Å²) in [4.78, 5) is 7.87. The molecule has 0 bridgehead atoms. The average Bonchev–Trinajstić information content (AvgIpc) is 2.01. The van der Waals surface area contributed by atoms with Gasteiger partial charge in [0.25, 0.3) is 0 Å². The molecule has 0 spiro atoms. The maximum absolute atomic E-state index is 8.49.